The molecule has 0 bridgehead atoms. The molecule has 0 N–H and O–H groups in total. The lowest BCUT2D eigenvalue weighted by atomic mass is 10.2. The third-order valence-corrected chi connectivity index (χ3v) is 1.78. The van der Waals surface area contributed by atoms with E-state index in [1.54, 1.807) is 6.26 Å². The van der Waals surface area contributed by atoms with Crippen molar-refractivity contribution in [3.63, 3.8) is 0 Å². The van der Waals surface area contributed by atoms with Gasteiger partial charge >= 0.3 is 0 Å². The third kappa shape index (κ3) is 1.06. The van der Waals surface area contributed by atoms with Crippen molar-refractivity contribution in [2.45, 2.75) is 6.54 Å². The second-order valence-electron chi connectivity index (χ2n) is 2.61. The van der Waals surface area contributed by atoms with E-state index >= 15 is 0 Å². The number of hydrogen-bond acceptors (Lipinski definition) is 1. The number of rotatable bonds is 1. The van der Waals surface area contributed by atoms with Crippen molar-refractivity contribution in [2.24, 2.45) is 0 Å². The van der Waals surface area contributed by atoms with Crippen molar-refractivity contribution in [1.82, 2.24) is 0 Å². The van der Waals surface area contributed by atoms with Gasteiger partial charge in [0.1, 0.15) is 5.58 Å². The predicted octanol–water partition coefficient (Wildman–Crippen LogP) is 2.85. The van der Waals surface area contributed by atoms with Crippen LogP contribution in [0.4, 0.5) is 0 Å². The van der Waals surface area contributed by atoms with Gasteiger partial charge in [-0.05, 0) is 24.3 Å². The van der Waals surface area contributed by atoms with Gasteiger partial charge in [0, 0.05) is 10.9 Å². The van der Waals surface area contributed by atoms with Crippen LogP contribution in [0.5, 0.6) is 0 Å². The Morgan fingerprint density at radius 2 is 2.25 bits per heavy atom. The quantitative estimate of drug-likeness (QED) is 0.582. The van der Waals surface area contributed by atoms with Gasteiger partial charge in [-0.15, -0.1) is 0 Å². The number of hydrogen-bond donors (Lipinski definition) is 0. The molecule has 1 aromatic heterocycles. The number of fused-ring (bicyclic) bond motifs is 1. The molecular weight excluding hydrogens is 150 g/mol. The van der Waals surface area contributed by atoms with E-state index in [4.69, 9.17) is 11.0 Å². The van der Waals surface area contributed by atoms with E-state index < -0.39 is 0 Å². The molecule has 2 rings (SSSR count). The minimum absolute atomic E-state index is 0.446. The van der Waals surface area contributed by atoms with Crippen LogP contribution in [-0.2, 0) is 6.54 Å². The third-order valence-electron chi connectivity index (χ3n) is 1.78. The second-order valence-corrected chi connectivity index (χ2v) is 2.61. The van der Waals surface area contributed by atoms with Gasteiger partial charge in [0.25, 0.3) is 0 Å². The van der Waals surface area contributed by atoms with Crippen LogP contribution in [0, 0.1) is 6.57 Å². The summed E-state index contributed by atoms with van der Waals surface area (Å²) in [6.07, 6.45) is 1.66. The van der Waals surface area contributed by atoms with Gasteiger partial charge in [0.15, 0.2) is 0 Å². The summed E-state index contributed by atoms with van der Waals surface area (Å²) in [6, 6.07) is 7.71. The first-order chi connectivity index (χ1) is 5.90. The Labute approximate surface area is 70.2 Å². The number of nitrogens with zero attached hydrogens (tertiary/aromatic N) is 1. The van der Waals surface area contributed by atoms with E-state index in [1.807, 2.05) is 24.3 Å². The Morgan fingerprint density at radius 1 is 1.33 bits per heavy atom. The maximum absolute atomic E-state index is 6.71. The Balaban J connectivity index is 2.54. The molecule has 0 radical (unpaired) electrons. The van der Waals surface area contributed by atoms with Gasteiger partial charge < -0.3 is 9.26 Å². The molecule has 1 heterocycles. The minimum atomic E-state index is 0.446. The van der Waals surface area contributed by atoms with Gasteiger partial charge in [-0.25, -0.2) is 6.57 Å². The molecule has 0 aliphatic heterocycles. The van der Waals surface area contributed by atoms with E-state index in [1.165, 1.54) is 0 Å². The molecule has 0 saturated heterocycles. The summed E-state index contributed by atoms with van der Waals surface area (Å²) in [6.45, 7) is 7.16. The molecule has 58 valence electrons. The molecule has 0 amide bonds. The predicted molar refractivity (Wildman–Crippen MR) is 46.5 cm³/mol. The number of benzene rings is 1. The molecule has 0 unspecified atom stereocenters. The second kappa shape index (κ2) is 2.71. The highest BCUT2D eigenvalue weighted by Gasteiger charge is 1.99. The van der Waals surface area contributed by atoms with E-state index in [-0.39, 0.29) is 0 Å². The Morgan fingerprint density at radius 3 is 3.08 bits per heavy atom. The zero-order valence-corrected chi connectivity index (χ0v) is 6.45. The maximum atomic E-state index is 6.71. The van der Waals surface area contributed by atoms with Crippen LogP contribution < -0.4 is 0 Å². The van der Waals surface area contributed by atoms with Crippen LogP contribution in [0.25, 0.3) is 15.8 Å². The van der Waals surface area contributed by atoms with Gasteiger partial charge in [0.05, 0.1) is 6.26 Å². The molecule has 0 atom stereocenters. The minimum Gasteiger partial charge on any atom is -0.464 e. The Bertz CT molecular complexity index is 436. The fraction of sp³-hybridized carbons (Fsp3) is 0.100. The van der Waals surface area contributed by atoms with Gasteiger partial charge in [-0.1, -0.05) is 0 Å². The Kier molecular flexibility index (Phi) is 1.56. The van der Waals surface area contributed by atoms with Crippen LogP contribution >= 0.6 is 0 Å². The highest BCUT2D eigenvalue weighted by atomic mass is 16.3. The van der Waals surface area contributed by atoms with Crippen LogP contribution in [0.1, 0.15) is 5.56 Å². The van der Waals surface area contributed by atoms with Crippen LogP contribution in [-0.4, -0.2) is 0 Å². The molecule has 0 fully saturated rings. The van der Waals surface area contributed by atoms with Crippen LogP contribution in [0.2, 0.25) is 0 Å². The van der Waals surface area contributed by atoms with E-state index in [9.17, 15) is 0 Å². The standard InChI is InChI=1S/C10H7NO/c1-11-7-8-2-3-10-9(6-8)4-5-12-10/h2-6H,7H2. The first-order valence-corrected chi connectivity index (χ1v) is 3.69. The maximum Gasteiger partial charge on any atom is 0.239 e. The number of furan rings is 1. The molecule has 12 heavy (non-hydrogen) atoms. The monoisotopic (exact) mass is 157 g/mol. The summed E-state index contributed by atoms with van der Waals surface area (Å²) < 4.78 is 5.17. The molecule has 0 saturated carbocycles. The highest BCUT2D eigenvalue weighted by molar-refractivity contribution is 5.77. The largest absolute Gasteiger partial charge is 0.464 e. The normalized spacial score (nSPS) is 9.92. The summed E-state index contributed by atoms with van der Waals surface area (Å²) in [4.78, 5) is 3.32. The SMILES string of the molecule is [C-]#[N+]Cc1ccc2occc2c1. The molecule has 0 aliphatic rings. The van der Waals surface area contributed by atoms with Crippen molar-refractivity contribution in [1.29, 1.82) is 0 Å². The molecule has 1 aromatic carbocycles. The summed E-state index contributed by atoms with van der Waals surface area (Å²) >= 11 is 0. The molecule has 0 spiro atoms. The summed E-state index contributed by atoms with van der Waals surface area (Å²) in [5.74, 6) is 0. The Hall–Kier alpha value is -1.75. The van der Waals surface area contributed by atoms with Gasteiger partial charge in [-0.3, -0.25) is 0 Å². The van der Waals surface area contributed by atoms with Crippen molar-refractivity contribution in [3.8, 4) is 0 Å². The molecular formula is C10H7NO. The smallest absolute Gasteiger partial charge is 0.239 e. The molecule has 0 aliphatic carbocycles. The zero-order chi connectivity index (χ0) is 8.39. The fourth-order valence-electron chi connectivity index (χ4n) is 1.21. The van der Waals surface area contributed by atoms with Gasteiger partial charge in [0.2, 0.25) is 6.54 Å². The van der Waals surface area contributed by atoms with Crippen LogP contribution in [0.15, 0.2) is 34.9 Å². The average molecular weight is 157 g/mol. The van der Waals surface area contributed by atoms with Crippen molar-refractivity contribution >= 4 is 11.0 Å². The van der Waals surface area contributed by atoms with Crippen molar-refractivity contribution in [3.05, 3.63) is 47.5 Å². The molecule has 2 heteroatoms. The van der Waals surface area contributed by atoms with E-state index in [2.05, 4.69) is 4.85 Å². The molecule has 2 aromatic rings. The van der Waals surface area contributed by atoms with Gasteiger partial charge in [-0.2, -0.15) is 0 Å². The zero-order valence-electron chi connectivity index (χ0n) is 6.45. The van der Waals surface area contributed by atoms with Crippen molar-refractivity contribution in [2.75, 3.05) is 0 Å². The summed E-state index contributed by atoms with van der Waals surface area (Å²) in [7, 11) is 0. The molecule has 2 nitrogen and oxygen atoms in total. The van der Waals surface area contributed by atoms with E-state index in [0.717, 1.165) is 16.5 Å². The highest BCUT2D eigenvalue weighted by Crippen LogP contribution is 2.17. The first-order valence-electron chi connectivity index (χ1n) is 3.69. The lowest BCUT2D eigenvalue weighted by Gasteiger charge is -1.90. The van der Waals surface area contributed by atoms with Crippen LogP contribution in [0.3, 0.4) is 0 Å². The summed E-state index contributed by atoms with van der Waals surface area (Å²) in [5, 5.41) is 1.07. The topological polar surface area (TPSA) is 17.5 Å². The fourth-order valence-corrected chi connectivity index (χ4v) is 1.21. The van der Waals surface area contributed by atoms with E-state index in [0.29, 0.717) is 6.54 Å². The lowest BCUT2D eigenvalue weighted by Crippen LogP contribution is -1.76. The van der Waals surface area contributed by atoms with Crippen molar-refractivity contribution < 1.29 is 4.42 Å². The lowest BCUT2D eigenvalue weighted by molar-refractivity contribution is 0.616. The average Bonchev–Trinajstić information content (AvgIpc) is 2.51. The summed E-state index contributed by atoms with van der Waals surface area (Å²) in [5.41, 5.74) is 1.92. The first kappa shape index (κ1) is 6.93.